The van der Waals surface area contributed by atoms with Crippen molar-refractivity contribution in [3.8, 4) is 56.6 Å². The number of benzene rings is 4. The van der Waals surface area contributed by atoms with Crippen LogP contribution in [0.4, 0.5) is 11.4 Å². The van der Waals surface area contributed by atoms with E-state index in [0.29, 0.717) is 26.4 Å². The number of pyridine rings is 1. The van der Waals surface area contributed by atoms with Gasteiger partial charge in [0.05, 0.1) is 37.8 Å². The van der Waals surface area contributed by atoms with Crippen molar-refractivity contribution < 1.29 is 18.9 Å². The average molecular weight is 603 g/mol. The van der Waals surface area contributed by atoms with E-state index in [1.165, 1.54) is 11.1 Å². The van der Waals surface area contributed by atoms with Gasteiger partial charge in [-0.15, -0.1) is 0 Å². The van der Waals surface area contributed by atoms with Crippen LogP contribution in [0.1, 0.15) is 38.8 Å². The topological polar surface area (TPSA) is 61.8 Å². The zero-order chi connectivity index (χ0) is 31.8. The summed E-state index contributed by atoms with van der Waals surface area (Å²) in [7, 11) is 0. The zero-order valence-corrected chi connectivity index (χ0v) is 27.1. The molecule has 0 aliphatic rings. The van der Waals surface area contributed by atoms with Gasteiger partial charge in [0.2, 0.25) is 0 Å². The van der Waals surface area contributed by atoms with Crippen molar-refractivity contribution >= 4 is 11.4 Å². The molecule has 0 spiro atoms. The van der Waals surface area contributed by atoms with E-state index < -0.39 is 0 Å². The summed E-state index contributed by atoms with van der Waals surface area (Å²) in [5.74, 6) is 2.98. The van der Waals surface area contributed by atoms with Crippen LogP contribution >= 0.6 is 0 Å². The standard InChI is InChI=1S/C39H42N2O4/c1-7-42-31-16-18-33(38(24-31)44-9-3)36-22-29(23-37(41-36)34-19-17-32(43-8-2)25-39(34)45-10-4)28-12-14-30(15-13-28)40-35-20-11-26(5)21-27(35)6/h11-25,40H,7-10H2,1-6H3. The van der Waals surface area contributed by atoms with Gasteiger partial charge in [0.25, 0.3) is 0 Å². The van der Waals surface area contributed by atoms with Crippen LogP contribution in [0.5, 0.6) is 23.0 Å². The van der Waals surface area contributed by atoms with Crippen LogP contribution in [0.2, 0.25) is 0 Å². The Morgan fingerprint density at radius 2 is 1.07 bits per heavy atom. The number of anilines is 2. The highest BCUT2D eigenvalue weighted by atomic mass is 16.5. The van der Waals surface area contributed by atoms with Crippen molar-refractivity contribution in [2.45, 2.75) is 41.5 Å². The Bertz CT molecular complexity index is 1670. The second-order valence-corrected chi connectivity index (χ2v) is 10.7. The van der Waals surface area contributed by atoms with Gasteiger partial charge in [-0.2, -0.15) is 0 Å². The molecule has 5 rings (SSSR count). The Labute approximate surface area is 267 Å². The number of rotatable bonds is 13. The molecule has 4 aromatic carbocycles. The quantitative estimate of drug-likeness (QED) is 0.145. The van der Waals surface area contributed by atoms with Crippen molar-refractivity contribution in [1.82, 2.24) is 4.98 Å². The van der Waals surface area contributed by atoms with E-state index >= 15 is 0 Å². The summed E-state index contributed by atoms with van der Waals surface area (Å²) in [6.07, 6.45) is 0. The van der Waals surface area contributed by atoms with Crippen molar-refractivity contribution in [2.24, 2.45) is 0 Å². The molecule has 0 fully saturated rings. The average Bonchev–Trinajstić information content (AvgIpc) is 3.03. The van der Waals surface area contributed by atoms with E-state index in [1.54, 1.807) is 0 Å². The van der Waals surface area contributed by atoms with Crippen molar-refractivity contribution in [3.05, 3.63) is 102 Å². The molecule has 6 nitrogen and oxygen atoms in total. The minimum absolute atomic E-state index is 0.525. The highest BCUT2D eigenvalue weighted by Crippen LogP contribution is 2.39. The van der Waals surface area contributed by atoms with Gasteiger partial charge in [-0.3, -0.25) is 0 Å². The molecule has 0 unspecified atom stereocenters. The first-order valence-corrected chi connectivity index (χ1v) is 15.7. The number of ether oxygens (including phenoxy) is 4. The molecule has 0 saturated carbocycles. The van der Waals surface area contributed by atoms with Gasteiger partial charge in [0, 0.05) is 34.6 Å². The van der Waals surface area contributed by atoms with Crippen LogP contribution in [0, 0.1) is 13.8 Å². The summed E-state index contributed by atoms with van der Waals surface area (Å²) in [5, 5.41) is 3.56. The molecule has 232 valence electrons. The molecule has 0 atom stereocenters. The van der Waals surface area contributed by atoms with Gasteiger partial charge in [-0.1, -0.05) is 29.8 Å². The molecule has 0 bridgehead atoms. The third-order valence-corrected chi connectivity index (χ3v) is 7.38. The van der Waals surface area contributed by atoms with Crippen LogP contribution < -0.4 is 24.3 Å². The van der Waals surface area contributed by atoms with E-state index in [2.05, 4.69) is 73.8 Å². The molecule has 1 heterocycles. The number of hydrogen-bond donors (Lipinski definition) is 1. The Kier molecular flexibility index (Phi) is 10.3. The maximum Gasteiger partial charge on any atom is 0.132 e. The fourth-order valence-electron chi connectivity index (χ4n) is 5.32. The first kappa shape index (κ1) is 31.5. The number of hydrogen-bond acceptors (Lipinski definition) is 6. The number of nitrogens with one attached hydrogen (secondary N) is 1. The summed E-state index contributed by atoms with van der Waals surface area (Å²) in [6, 6.07) is 31.0. The van der Waals surface area contributed by atoms with Crippen molar-refractivity contribution in [1.29, 1.82) is 0 Å². The van der Waals surface area contributed by atoms with Crippen LogP contribution in [-0.2, 0) is 0 Å². The van der Waals surface area contributed by atoms with Gasteiger partial charge in [-0.05, 0) is 113 Å². The predicted molar refractivity (Wildman–Crippen MR) is 184 cm³/mol. The Balaban J connectivity index is 1.62. The minimum atomic E-state index is 0.525. The molecular formula is C39H42N2O4. The summed E-state index contributed by atoms with van der Waals surface area (Å²) < 4.78 is 23.7. The molecule has 1 N–H and O–H groups in total. The third kappa shape index (κ3) is 7.58. The molecule has 0 radical (unpaired) electrons. The molecule has 0 aliphatic carbocycles. The highest BCUT2D eigenvalue weighted by molar-refractivity contribution is 5.81. The highest BCUT2D eigenvalue weighted by Gasteiger charge is 2.17. The number of aromatic nitrogens is 1. The lowest BCUT2D eigenvalue weighted by molar-refractivity contribution is 0.323. The van der Waals surface area contributed by atoms with Crippen LogP contribution in [0.3, 0.4) is 0 Å². The van der Waals surface area contributed by atoms with Crippen LogP contribution in [-0.4, -0.2) is 31.4 Å². The fraction of sp³-hybridized carbons (Fsp3) is 0.256. The second-order valence-electron chi connectivity index (χ2n) is 10.7. The van der Waals surface area contributed by atoms with Gasteiger partial charge in [-0.25, -0.2) is 4.98 Å². The smallest absolute Gasteiger partial charge is 0.132 e. The lowest BCUT2D eigenvalue weighted by atomic mass is 9.99. The van der Waals surface area contributed by atoms with E-state index in [1.807, 2.05) is 64.1 Å². The first-order valence-electron chi connectivity index (χ1n) is 15.7. The lowest BCUT2D eigenvalue weighted by Gasteiger charge is -2.17. The van der Waals surface area contributed by atoms with E-state index in [0.717, 1.165) is 68.0 Å². The van der Waals surface area contributed by atoms with E-state index in [4.69, 9.17) is 23.9 Å². The van der Waals surface area contributed by atoms with Crippen molar-refractivity contribution in [3.63, 3.8) is 0 Å². The molecule has 0 amide bonds. The summed E-state index contributed by atoms with van der Waals surface area (Å²) in [6.45, 7) is 14.3. The maximum absolute atomic E-state index is 6.09. The van der Waals surface area contributed by atoms with Crippen LogP contribution in [0.15, 0.2) is 91.0 Å². The normalized spacial score (nSPS) is 10.8. The second kappa shape index (κ2) is 14.7. The fourth-order valence-corrected chi connectivity index (χ4v) is 5.32. The number of nitrogens with zero attached hydrogens (tertiary/aromatic N) is 1. The SMILES string of the molecule is CCOc1ccc(-c2cc(-c3ccc(Nc4ccc(C)cc4C)cc3)cc(-c3ccc(OCC)cc3OCC)n2)c(OCC)c1. The largest absolute Gasteiger partial charge is 0.494 e. The molecule has 45 heavy (non-hydrogen) atoms. The van der Waals surface area contributed by atoms with Gasteiger partial charge in [0.1, 0.15) is 23.0 Å². The monoisotopic (exact) mass is 602 g/mol. The van der Waals surface area contributed by atoms with Crippen LogP contribution in [0.25, 0.3) is 33.6 Å². The molecule has 5 aromatic rings. The lowest BCUT2D eigenvalue weighted by Crippen LogP contribution is -2.00. The summed E-state index contributed by atoms with van der Waals surface area (Å²) in [5.41, 5.74) is 10.0. The van der Waals surface area contributed by atoms with Gasteiger partial charge in [0.15, 0.2) is 0 Å². The molecule has 6 heteroatoms. The first-order chi connectivity index (χ1) is 21.9. The molecular weight excluding hydrogens is 560 g/mol. The summed E-state index contributed by atoms with van der Waals surface area (Å²) >= 11 is 0. The molecule has 1 aromatic heterocycles. The maximum atomic E-state index is 6.09. The van der Waals surface area contributed by atoms with Gasteiger partial charge < -0.3 is 24.3 Å². The summed E-state index contributed by atoms with van der Waals surface area (Å²) in [4.78, 5) is 5.17. The third-order valence-electron chi connectivity index (χ3n) is 7.38. The Morgan fingerprint density at radius 1 is 0.533 bits per heavy atom. The molecule has 0 saturated heterocycles. The molecule has 0 aliphatic heterocycles. The van der Waals surface area contributed by atoms with E-state index in [-0.39, 0.29) is 0 Å². The Hall–Kier alpha value is -4.97. The minimum Gasteiger partial charge on any atom is -0.494 e. The van der Waals surface area contributed by atoms with Gasteiger partial charge >= 0.3 is 0 Å². The van der Waals surface area contributed by atoms with Crippen molar-refractivity contribution in [2.75, 3.05) is 31.7 Å². The number of aryl methyl sites for hydroxylation is 2. The van der Waals surface area contributed by atoms with E-state index in [9.17, 15) is 0 Å². The zero-order valence-electron chi connectivity index (χ0n) is 27.1. The Morgan fingerprint density at radius 3 is 1.56 bits per heavy atom. The predicted octanol–water partition coefficient (Wildman–Crippen LogP) is 10.0.